The molecule has 0 bridgehead atoms. The Hall–Kier alpha value is 0.270. The van der Waals surface area contributed by atoms with Crippen LogP contribution < -0.4 is 5.73 Å². The van der Waals surface area contributed by atoms with Gasteiger partial charge in [-0.2, -0.15) is 11.8 Å². The molecule has 1 aliphatic rings. The van der Waals surface area contributed by atoms with Crippen molar-refractivity contribution in [3.05, 3.63) is 0 Å². The Balaban J connectivity index is 2.52. The highest BCUT2D eigenvalue weighted by atomic mass is 32.2. The van der Waals surface area contributed by atoms with Gasteiger partial charge in [0.1, 0.15) is 0 Å². The van der Waals surface area contributed by atoms with E-state index >= 15 is 0 Å². The predicted molar refractivity (Wildman–Crippen MR) is 65.8 cm³/mol. The number of thioether (sulfide) groups is 1. The third-order valence-corrected chi connectivity index (χ3v) is 4.47. The Morgan fingerprint density at radius 3 is 2.50 bits per heavy atom. The molecule has 0 spiro atoms. The van der Waals surface area contributed by atoms with E-state index in [1.807, 2.05) is 11.8 Å². The second-order valence-corrected chi connectivity index (χ2v) is 5.77. The van der Waals surface area contributed by atoms with Crippen molar-refractivity contribution in [1.82, 2.24) is 4.90 Å². The first kappa shape index (κ1) is 12.3. The molecule has 1 fully saturated rings. The summed E-state index contributed by atoms with van der Waals surface area (Å²) in [4.78, 5) is 2.50. The van der Waals surface area contributed by atoms with Gasteiger partial charge in [-0.1, -0.05) is 6.92 Å². The minimum Gasteiger partial charge on any atom is -0.329 e. The SMILES string of the molecule is CSCC(C)N(C)C1(CN)CC(C)C1. The van der Waals surface area contributed by atoms with Crippen LogP contribution >= 0.6 is 11.8 Å². The van der Waals surface area contributed by atoms with Crippen molar-refractivity contribution in [1.29, 1.82) is 0 Å². The molecule has 0 radical (unpaired) electrons. The standard InChI is InChI=1S/C11H24N2S/c1-9-5-11(6-9,8-12)13(3)10(2)7-14-4/h9-10H,5-8,12H2,1-4H3. The van der Waals surface area contributed by atoms with Crippen LogP contribution in [0.25, 0.3) is 0 Å². The maximum Gasteiger partial charge on any atom is 0.0336 e. The summed E-state index contributed by atoms with van der Waals surface area (Å²) in [5, 5.41) is 0. The lowest BCUT2D eigenvalue weighted by Crippen LogP contribution is -2.62. The summed E-state index contributed by atoms with van der Waals surface area (Å²) >= 11 is 1.92. The van der Waals surface area contributed by atoms with Gasteiger partial charge in [-0.3, -0.25) is 4.90 Å². The average molecular weight is 216 g/mol. The summed E-state index contributed by atoms with van der Waals surface area (Å²) in [7, 11) is 2.24. The van der Waals surface area contributed by atoms with Crippen LogP contribution in [0.1, 0.15) is 26.7 Å². The molecule has 0 heterocycles. The van der Waals surface area contributed by atoms with Crippen molar-refractivity contribution in [2.75, 3.05) is 25.6 Å². The van der Waals surface area contributed by atoms with Crippen molar-refractivity contribution in [2.24, 2.45) is 11.7 Å². The zero-order chi connectivity index (χ0) is 10.8. The predicted octanol–water partition coefficient (Wildman–Crippen LogP) is 1.80. The third kappa shape index (κ3) is 2.26. The molecule has 1 unspecified atom stereocenters. The van der Waals surface area contributed by atoms with Crippen molar-refractivity contribution in [3.8, 4) is 0 Å². The molecule has 84 valence electrons. The minimum atomic E-state index is 0.314. The van der Waals surface area contributed by atoms with E-state index in [9.17, 15) is 0 Å². The molecule has 0 saturated heterocycles. The van der Waals surface area contributed by atoms with Crippen LogP contribution in [-0.2, 0) is 0 Å². The summed E-state index contributed by atoms with van der Waals surface area (Å²) in [6.45, 7) is 5.43. The molecular weight excluding hydrogens is 192 g/mol. The van der Waals surface area contributed by atoms with Crippen LogP contribution in [0.3, 0.4) is 0 Å². The maximum absolute atomic E-state index is 5.92. The number of nitrogens with zero attached hydrogens (tertiary/aromatic N) is 1. The van der Waals surface area contributed by atoms with Gasteiger partial charge < -0.3 is 5.73 Å². The fraction of sp³-hybridized carbons (Fsp3) is 1.00. The van der Waals surface area contributed by atoms with Crippen LogP contribution in [0, 0.1) is 5.92 Å². The Morgan fingerprint density at radius 1 is 1.57 bits per heavy atom. The highest BCUT2D eigenvalue weighted by Crippen LogP contribution is 2.41. The third-order valence-electron chi connectivity index (χ3n) is 3.65. The van der Waals surface area contributed by atoms with E-state index in [4.69, 9.17) is 5.73 Å². The summed E-state index contributed by atoms with van der Waals surface area (Å²) in [5.41, 5.74) is 6.23. The van der Waals surface area contributed by atoms with Crippen molar-refractivity contribution in [2.45, 2.75) is 38.3 Å². The first-order chi connectivity index (χ1) is 6.55. The topological polar surface area (TPSA) is 29.3 Å². The molecule has 0 aromatic carbocycles. The van der Waals surface area contributed by atoms with Gasteiger partial charge in [0.05, 0.1) is 0 Å². The fourth-order valence-electron chi connectivity index (χ4n) is 2.66. The molecule has 0 aliphatic heterocycles. The van der Waals surface area contributed by atoms with E-state index in [1.54, 1.807) is 0 Å². The quantitative estimate of drug-likeness (QED) is 0.760. The van der Waals surface area contributed by atoms with E-state index in [-0.39, 0.29) is 0 Å². The lowest BCUT2D eigenvalue weighted by Gasteiger charge is -2.54. The lowest BCUT2D eigenvalue weighted by molar-refractivity contribution is -0.0123. The molecule has 14 heavy (non-hydrogen) atoms. The van der Waals surface area contributed by atoms with Gasteiger partial charge in [0.2, 0.25) is 0 Å². The molecule has 0 aromatic rings. The first-order valence-corrected chi connectivity index (χ1v) is 6.87. The van der Waals surface area contributed by atoms with Gasteiger partial charge in [0, 0.05) is 23.9 Å². The van der Waals surface area contributed by atoms with E-state index in [2.05, 4.69) is 32.1 Å². The maximum atomic E-state index is 5.92. The van der Waals surface area contributed by atoms with Gasteiger partial charge >= 0.3 is 0 Å². The summed E-state index contributed by atoms with van der Waals surface area (Å²) < 4.78 is 0. The molecule has 2 nitrogen and oxygen atoms in total. The molecule has 1 rings (SSSR count). The minimum absolute atomic E-state index is 0.314. The Kier molecular flexibility index (Phi) is 4.29. The second-order valence-electron chi connectivity index (χ2n) is 4.86. The molecule has 1 atom stereocenters. The highest BCUT2D eigenvalue weighted by Gasteiger charge is 2.45. The number of likely N-dealkylation sites (N-methyl/N-ethyl adjacent to an activating group) is 1. The number of hydrogen-bond acceptors (Lipinski definition) is 3. The van der Waals surface area contributed by atoms with Gasteiger partial charge in [-0.15, -0.1) is 0 Å². The summed E-state index contributed by atoms with van der Waals surface area (Å²) in [5.74, 6) is 2.06. The Morgan fingerprint density at radius 2 is 2.14 bits per heavy atom. The van der Waals surface area contributed by atoms with Crippen LogP contribution in [0.5, 0.6) is 0 Å². The molecule has 3 heteroatoms. The first-order valence-electron chi connectivity index (χ1n) is 5.47. The second kappa shape index (κ2) is 4.86. The fourth-order valence-corrected chi connectivity index (χ4v) is 3.36. The van der Waals surface area contributed by atoms with Crippen LogP contribution in [-0.4, -0.2) is 42.1 Å². The largest absolute Gasteiger partial charge is 0.329 e. The van der Waals surface area contributed by atoms with Crippen molar-refractivity contribution in [3.63, 3.8) is 0 Å². The Bertz CT molecular complexity index is 178. The number of rotatable bonds is 5. The normalized spacial score (nSPS) is 34.3. The van der Waals surface area contributed by atoms with Crippen molar-refractivity contribution < 1.29 is 0 Å². The van der Waals surface area contributed by atoms with Gasteiger partial charge in [-0.25, -0.2) is 0 Å². The van der Waals surface area contributed by atoms with Gasteiger partial charge in [0.25, 0.3) is 0 Å². The molecule has 1 saturated carbocycles. The number of hydrogen-bond donors (Lipinski definition) is 1. The van der Waals surface area contributed by atoms with Gasteiger partial charge in [0.15, 0.2) is 0 Å². The zero-order valence-corrected chi connectivity index (χ0v) is 10.7. The smallest absolute Gasteiger partial charge is 0.0336 e. The van der Waals surface area contributed by atoms with E-state index in [0.717, 1.165) is 12.5 Å². The van der Waals surface area contributed by atoms with Crippen molar-refractivity contribution >= 4 is 11.8 Å². The molecule has 0 amide bonds. The van der Waals surface area contributed by atoms with E-state index in [1.165, 1.54) is 18.6 Å². The monoisotopic (exact) mass is 216 g/mol. The van der Waals surface area contributed by atoms with E-state index < -0.39 is 0 Å². The number of nitrogens with two attached hydrogens (primary N) is 1. The lowest BCUT2D eigenvalue weighted by atomic mass is 9.68. The van der Waals surface area contributed by atoms with Crippen LogP contribution in [0.2, 0.25) is 0 Å². The van der Waals surface area contributed by atoms with Crippen LogP contribution in [0.15, 0.2) is 0 Å². The van der Waals surface area contributed by atoms with Gasteiger partial charge in [-0.05, 0) is 39.0 Å². The summed E-state index contributed by atoms with van der Waals surface area (Å²) in [6, 6.07) is 0.640. The zero-order valence-electron chi connectivity index (χ0n) is 9.92. The molecular formula is C11H24N2S. The van der Waals surface area contributed by atoms with Crippen LogP contribution in [0.4, 0.5) is 0 Å². The Labute approximate surface area is 92.6 Å². The summed E-state index contributed by atoms with van der Waals surface area (Å²) in [6.07, 6.45) is 4.72. The molecule has 2 N–H and O–H groups in total. The molecule has 1 aliphatic carbocycles. The highest BCUT2D eigenvalue weighted by molar-refractivity contribution is 7.98. The molecule has 0 aromatic heterocycles. The van der Waals surface area contributed by atoms with E-state index in [0.29, 0.717) is 11.6 Å². The average Bonchev–Trinajstić information content (AvgIpc) is 2.12.